The first kappa shape index (κ1) is 15.5. The quantitative estimate of drug-likeness (QED) is 0.806. The van der Waals surface area contributed by atoms with Gasteiger partial charge in [-0.25, -0.2) is 0 Å². The van der Waals surface area contributed by atoms with Crippen molar-refractivity contribution in [1.82, 2.24) is 0 Å². The van der Waals surface area contributed by atoms with E-state index in [0.29, 0.717) is 5.92 Å². The van der Waals surface area contributed by atoms with Gasteiger partial charge in [-0.1, -0.05) is 50.4 Å². The molecule has 102 valence electrons. The Labute approximate surface area is 115 Å². The van der Waals surface area contributed by atoms with E-state index in [1.54, 1.807) is 0 Å². The largest absolute Gasteiger partial charge is 0.372 e. The molecular weight excluding hydrogens is 246 g/mol. The van der Waals surface area contributed by atoms with Gasteiger partial charge in [0.1, 0.15) is 0 Å². The van der Waals surface area contributed by atoms with Gasteiger partial charge in [0.25, 0.3) is 0 Å². The minimum absolute atomic E-state index is 0.0437. The molecule has 0 spiro atoms. The van der Waals surface area contributed by atoms with Crippen LogP contribution in [0.2, 0.25) is 5.02 Å². The number of hydrogen-bond donors (Lipinski definition) is 1. The van der Waals surface area contributed by atoms with E-state index >= 15 is 0 Å². The van der Waals surface area contributed by atoms with Crippen LogP contribution in [0.15, 0.2) is 24.3 Å². The van der Waals surface area contributed by atoms with Gasteiger partial charge >= 0.3 is 0 Å². The topological polar surface area (TPSA) is 35.2 Å². The number of rotatable bonds is 7. The van der Waals surface area contributed by atoms with Gasteiger partial charge in [-0.15, -0.1) is 0 Å². The summed E-state index contributed by atoms with van der Waals surface area (Å²) in [6.07, 6.45) is 2.19. The van der Waals surface area contributed by atoms with E-state index < -0.39 is 0 Å². The molecule has 0 heterocycles. The van der Waals surface area contributed by atoms with Crippen LogP contribution < -0.4 is 5.73 Å². The van der Waals surface area contributed by atoms with Crippen molar-refractivity contribution in [2.75, 3.05) is 6.61 Å². The lowest BCUT2D eigenvalue weighted by Gasteiger charge is -2.24. The Kier molecular flexibility index (Phi) is 6.69. The van der Waals surface area contributed by atoms with Crippen LogP contribution in [0, 0.1) is 5.92 Å². The van der Waals surface area contributed by atoms with Crippen LogP contribution in [0.4, 0.5) is 0 Å². The summed E-state index contributed by atoms with van der Waals surface area (Å²) in [6.45, 7) is 7.11. The molecular formula is C15H24ClNO. The molecule has 0 aliphatic heterocycles. The van der Waals surface area contributed by atoms with Gasteiger partial charge in [0.05, 0.1) is 12.7 Å². The third-order valence-electron chi connectivity index (χ3n) is 3.32. The summed E-state index contributed by atoms with van der Waals surface area (Å²) in [6, 6.07) is 7.71. The van der Waals surface area contributed by atoms with Crippen molar-refractivity contribution >= 4 is 11.6 Å². The van der Waals surface area contributed by atoms with Crippen molar-refractivity contribution in [2.24, 2.45) is 11.7 Å². The fourth-order valence-corrected chi connectivity index (χ4v) is 2.20. The molecule has 2 atom stereocenters. The lowest BCUT2D eigenvalue weighted by molar-refractivity contribution is 0.0141. The SMILES string of the molecule is CCC(CC)COC(c1cccc(Cl)c1)C(C)N. The second-order valence-electron chi connectivity index (χ2n) is 4.85. The molecule has 2 unspecified atom stereocenters. The van der Waals surface area contributed by atoms with E-state index in [9.17, 15) is 0 Å². The fourth-order valence-electron chi connectivity index (χ4n) is 2.00. The minimum Gasteiger partial charge on any atom is -0.372 e. The van der Waals surface area contributed by atoms with E-state index in [4.69, 9.17) is 22.1 Å². The monoisotopic (exact) mass is 269 g/mol. The highest BCUT2D eigenvalue weighted by molar-refractivity contribution is 6.30. The number of nitrogens with two attached hydrogens (primary N) is 1. The highest BCUT2D eigenvalue weighted by Gasteiger charge is 2.18. The average Bonchev–Trinajstić information content (AvgIpc) is 2.34. The predicted octanol–water partition coefficient (Wildman–Crippen LogP) is 4.18. The van der Waals surface area contributed by atoms with Crippen molar-refractivity contribution in [3.8, 4) is 0 Å². The summed E-state index contributed by atoms with van der Waals surface area (Å²) >= 11 is 6.01. The number of hydrogen-bond acceptors (Lipinski definition) is 2. The lowest BCUT2D eigenvalue weighted by atomic mass is 10.0. The van der Waals surface area contributed by atoms with Gasteiger partial charge in [0.15, 0.2) is 0 Å². The lowest BCUT2D eigenvalue weighted by Crippen LogP contribution is -2.28. The molecule has 2 nitrogen and oxygen atoms in total. The van der Waals surface area contributed by atoms with E-state index in [-0.39, 0.29) is 12.1 Å². The van der Waals surface area contributed by atoms with E-state index in [1.807, 2.05) is 31.2 Å². The van der Waals surface area contributed by atoms with Gasteiger partial charge in [0, 0.05) is 11.1 Å². The molecule has 1 aromatic rings. The Balaban J connectivity index is 2.71. The molecule has 0 fully saturated rings. The smallest absolute Gasteiger partial charge is 0.0973 e. The summed E-state index contributed by atoms with van der Waals surface area (Å²) in [5.41, 5.74) is 7.08. The molecule has 2 N–H and O–H groups in total. The zero-order valence-corrected chi connectivity index (χ0v) is 12.3. The van der Waals surface area contributed by atoms with Crippen molar-refractivity contribution in [3.05, 3.63) is 34.9 Å². The minimum atomic E-state index is -0.0794. The van der Waals surface area contributed by atoms with Crippen LogP contribution in [0.1, 0.15) is 45.3 Å². The first-order chi connectivity index (χ1) is 8.58. The second-order valence-corrected chi connectivity index (χ2v) is 5.29. The molecule has 0 aliphatic carbocycles. The van der Waals surface area contributed by atoms with Crippen LogP contribution >= 0.6 is 11.6 Å². The Morgan fingerprint density at radius 3 is 2.44 bits per heavy atom. The zero-order valence-electron chi connectivity index (χ0n) is 11.5. The number of ether oxygens (including phenoxy) is 1. The van der Waals surface area contributed by atoms with Crippen LogP contribution in [-0.4, -0.2) is 12.6 Å². The maximum absolute atomic E-state index is 6.02. The predicted molar refractivity (Wildman–Crippen MR) is 77.9 cm³/mol. The van der Waals surface area contributed by atoms with Gasteiger partial charge in [-0.05, 0) is 30.5 Å². The first-order valence-electron chi connectivity index (χ1n) is 6.71. The number of benzene rings is 1. The zero-order chi connectivity index (χ0) is 13.5. The number of halogens is 1. The molecule has 18 heavy (non-hydrogen) atoms. The maximum Gasteiger partial charge on any atom is 0.0973 e. The highest BCUT2D eigenvalue weighted by Crippen LogP contribution is 2.24. The summed E-state index contributed by atoms with van der Waals surface area (Å²) in [7, 11) is 0. The van der Waals surface area contributed by atoms with Crippen molar-refractivity contribution in [2.45, 2.75) is 45.8 Å². The van der Waals surface area contributed by atoms with Gasteiger partial charge < -0.3 is 10.5 Å². The molecule has 0 saturated carbocycles. The molecule has 0 radical (unpaired) electrons. The first-order valence-corrected chi connectivity index (χ1v) is 7.08. The second kappa shape index (κ2) is 7.78. The van der Waals surface area contributed by atoms with Crippen LogP contribution in [0.3, 0.4) is 0 Å². The Morgan fingerprint density at radius 1 is 1.28 bits per heavy atom. The van der Waals surface area contributed by atoms with Crippen LogP contribution in [0.25, 0.3) is 0 Å². The Hall–Kier alpha value is -0.570. The summed E-state index contributed by atoms with van der Waals surface area (Å²) in [4.78, 5) is 0. The summed E-state index contributed by atoms with van der Waals surface area (Å²) in [5, 5.41) is 0.726. The van der Waals surface area contributed by atoms with E-state index in [2.05, 4.69) is 13.8 Å². The molecule has 1 rings (SSSR count). The Morgan fingerprint density at radius 2 is 1.94 bits per heavy atom. The molecule has 3 heteroatoms. The van der Waals surface area contributed by atoms with Gasteiger partial charge in [0.2, 0.25) is 0 Å². The van der Waals surface area contributed by atoms with Gasteiger partial charge in [-0.3, -0.25) is 0 Å². The normalized spacial score (nSPS) is 14.8. The average molecular weight is 270 g/mol. The summed E-state index contributed by atoms with van der Waals surface area (Å²) in [5.74, 6) is 0.602. The van der Waals surface area contributed by atoms with Crippen molar-refractivity contribution in [3.63, 3.8) is 0 Å². The standard InChI is InChI=1S/C15H24ClNO/c1-4-12(5-2)10-18-15(11(3)17)13-7-6-8-14(16)9-13/h6-9,11-12,15H,4-5,10,17H2,1-3H3. The van der Waals surface area contributed by atoms with E-state index in [1.165, 1.54) is 0 Å². The maximum atomic E-state index is 6.02. The fraction of sp³-hybridized carbons (Fsp3) is 0.600. The molecule has 0 saturated heterocycles. The van der Waals surface area contributed by atoms with Crippen molar-refractivity contribution < 1.29 is 4.74 Å². The molecule has 1 aromatic carbocycles. The van der Waals surface area contributed by atoms with Crippen LogP contribution in [0.5, 0.6) is 0 Å². The molecule has 0 aromatic heterocycles. The Bertz CT molecular complexity index is 350. The molecule has 0 aliphatic rings. The third kappa shape index (κ3) is 4.60. The third-order valence-corrected chi connectivity index (χ3v) is 3.56. The van der Waals surface area contributed by atoms with Gasteiger partial charge in [-0.2, -0.15) is 0 Å². The van der Waals surface area contributed by atoms with Crippen molar-refractivity contribution in [1.29, 1.82) is 0 Å². The molecule has 0 amide bonds. The van der Waals surface area contributed by atoms with Crippen LogP contribution in [-0.2, 0) is 4.74 Å². The highest BCUT2D eigenvalue weighted by atomic mass is 35.5. The summed E-state index contributed by atoms with van der Waals surface area (Å²) < 4.78 is 6.00. The van der Waals surface area contributed by atoms with E-state index in [0.717, 1.165) is 30.0 Å². The molecule has 0 bridgehead atoms.